The SMILES string of the molecule is C[C@H](Sc1ccc2c(c1C(=O)O)OB(O)[C@H]1C[C@@H]21)C1CN(C)C1. The number of carboxylic acid groups (broad SMARTS) is 1. The second-order valence-electron chi connectivity index (χ2n) is 6.98. The normalized spacial score (nSPS) is 27.5. The third kappa shape index (κ3) is 2.55. The number of nitrogens with zero attached hydrogens (tertiary/aromatic N) is 1. The van der Waals surface area contributed by atoms with Gasteiger partial charge < -0.3 is 19.7 Å². The monoisotopic (exact) mass is 333 g/mol. The van der Waals surface area contributed by atoms with Crippen molar-refractivity contribution >= 4 is 24.8 Å². The Labute approximate surface area is 140 Å². The van der Waals surface area contributed by atoms with Crippen molar-refractivity contribution in [3.63, 3.8) is 0 Å². The number of aromatic carboxylic acids is 1. The van der Waals surface area contributed by atoms with Crippen LogP contribution in [0.3, 0.4) is 0 Å². The van der Waals surface area contributed by atoms with Crippen molar-refractivity contribution in [1.82, 2.24) is 4.90 Å². The molecule has 2 fully saturated rings. The Hall–Kier alpha value is -1.18. The van der Waals surface area contributed by atoms with Crippen molar-refractivity contribution in [2.75, 3.05) is 20.1 Å². The van der Waals surface area contributed by atoms with E-state index in [0.29, 0.717) is 16.9 Å². The van der Waals surface area contributed by atoms with Gasteiger partial charge in [-0.15, -0.1) is 11.8 Å². The third-order valence-corrected chi connectivity index (χ3v) is 6.63. The van der Waals surface area contributed by atoms with E-state index >= 15 is 0 Å². The molecule has 1 aromatic carbocycles. The molecule has 4 rings (SSSR count). The first-order chi connectivity index (χ1) is 11.0. The van der Waals surface area contributed by atoms with Crippen LogP contribution < -0.4 is 4.65 Å². The van der Waals surface area contributed by atoms with Crippen molar-refractivity contribution in [3.05, 3.63) is 23.3 Å². The Morgan fingerprint density at radius 2 is 2.22 bits per heavy atom. The number of hydrogen-bond acceptors (Lipinski definition) is 5. The summed E-state index contributed by atoms with van der Waals surface area (Å²) < 4.78 is 5.57. The van der Waals surface area contributed by atoms with Gasteiger partial charge in [-0.25, -0.2) is 4.79 Å². The highest BCUT2D eigenvalue weighted by Crippen LogP contribution is 2.60. The fourth-order valence-electron chi connectivity index (χ4n) is 3.74. The summed E-state index contributed by atoms with van der Waals surface area (Å²) in [6.45, 7) is 4.26. The van der Waals surface area contributed by atoms with E-state index in [9.17, 15) is 14.9 Å². The molecule has 3 aliphatic rings. The Morgan fingerprint density at radius 3 is 2.87 bits per heavy atom. The van der Waals surface area contributed by atoms with Crippen LogP contribution in [0.5, 0.6) is 5.75 Å². The van der Waals surface area contributed by atoms with E-state index in [0.717, 1.165) is 30.0 Å². The van der Waals surface area contributed by atoms with Crippen LogP contribution in [-0.2, 0) is 0 Å². The quantitative estimate of drug-likeness (QED) is 0.650. The molecule has 0 aromatic heterocycles. The maximum atomic E-state index is 11.8. The van der Waals surface area contributed by atoms with Gasteiger partial charge in [0.15, 0.2) is 0 Å². The fourth-order valence-corrected chi connectivity index (χ4v) is 4.95. The van der Waals surface area contributed by atoms with E-state index in [1.165, 1.54) is 0 Å². The van der Waals surface area contributed by atoms with Gasteiger partial charge in [-0.3, -0.25) is 0 Å². The van der Waals surface area contributed by atoms with Crippen LogP contribution in [0.1, 0.15) is 35.2 Å². The second-order valence-corrected chi connectivity index (χ2v) is 8.40. The van der Waals surface area contributed by atoms with E-state index in [4.69, 9.17) is 4.65 Å². The Kier molecular flexibility index (Phi) is 3.63. The molecule has 2 N–H and O–H groups in total. The van der Waals surface area contributed by atoms with Crippen LogP contribution in [0.2, 0.25) is 5.82 Å². The fraction of sp³-hybridized carbons (Fsp3) is 0.562. The number of likely N-dealkylation sites (tertiary alicyclic amines) is 1. The highest BCUT2D eigenvalue weighted by molar-refractivity contribution is 8.00. The van der Waals surface area contributed by atoms with E-state index in [-0.39, 0.29) is 17.3 Å². The van der Waals surface area contributed by atoms with Crippen LogP contribution >= 0.6 is 11.8 Å². The van der Waals surface area contributed by atoms with Crippen molar-refractivity contribution in [3.8, 4) is 5.75 Å². The summed E-state index contributed by atoms with van der Waals surface area (Å²) in [5, 5.41) is 20.0. The molecule has 5 nitrogen and oxygen atoms in total. The second kappa shape index (κ2) is 5.43. The molecule has 2 aliphatic heterocycles. The first kappa shape index (κ1) is 15.4. The molecule has 0 bridgehead atoms. The standard InChI is InChI=1S/C16H20BNO4S/c1-8(9-6-18(2)7-9)23-13-4-3-10-11-5-12(11)17(21)22-15(10)14(13)16(19)20/h3-4,8-9,11-12,21H,5-7H2,1-2H3,(H,19,20)/t8-,11-,12-/m0/s1. The number of thioether (sulfide) groups is 1. The predicted octanol–water partition coefficient (Wildman–Crippen LogP) is 2.16. The molecular weight excluding hydrogens is 313 g/mol. The summed E-state index contributed by atoms with van der Waals surface area (Å²) in [4.78, 5) is 14.8. The molecule has 1 saturated carbocycles. The highest BCUT2D eigenvalue weighted by atomic mass is 32.2. The van der Waals surface area contributed by atoms with Crippen molar-refractivity contribution < 1.29 is 19.6 Å². The molecule has 1 aromatic rings. The summed E-state index contributed by atoms with van der Waals surface area (Å²) in [5.74, 6) is 0.373. The Balaban J connectivity index is 1.65. The number of rotatable bonds is 4. The van der Waals surface area contributed by atoms with Crippen molar-refractivity contribution in [2.45, 2.75) is 35.2 Å². The van der Waals surface area contributed by atoms with Gasteiger partial charge in [0.1, 0.15) is 11.3 Å². The van der Waals surface area contributed by atoms with Crippen LogP contribution in [0.15, 0.2) is 17.0 Å². The summed E-state index contributed by atoms with van der Waals surface area (Å²) in [7, 11) is 1.22. The third-order valence-electron chi connectivity index (χ3n) is 5.28. The van der Waals surface area contributed by atoms with E-state index in [1.807, 2.05) is 12.1 Å². The van der Waals surface area contributed by atoms with Gasteiger partial charge in [0.25, 0.3) is 0 Å². The van der Waals surface area contributed by atoms with Gasteiger partial charge in [0.05, 0.1) is 0 Å². The summed E-state index contributed by atoms with van der Waals surface area (Å²) >= 11 is 1.60. The maximum Gasteiger partial charge on any atom is 0.526 e. The lowest BCUT2D eigenvalue weighted by Gasteiger charge is -2.39. The van der Waals surface area contributed by atoms with Crippen LogP contribution in [-0.4, -0.2) is 53.5 Å². The zero-order chi connectivity index (χ0) is 16.3. The van der Waals surface area contributed by atoms with E-state index in [1.54, 1.807) is 11.8 Å². The minimum absolute atomic E-state index is 0.132. The summed E-state index contributed by atoms with van der Waals surface area (Å²) in [6, 6.07) is 3.91. The molecule has 1 saturated heterocycles. The molecule has 1 aliphatic carbocycles. The molecule has 122 valence electrons. The number of carbonyl (C=O) groups is 1. The predicted molar refractivity (Wildman–Crippen MR) is 89.4 cm³/mol. The van der Waals surface area contributed by atoms with Gasteiger partial charge in [-0.1, -0.05) is 13.0 Å². The molecule has 23 heavy (non-hydrogen) atoms. The van der Waals surface area contributed by atoms with Gasteiger partial charge >= 0.3 is 13.1 Å². The molecule has 7 heteroatoms. The van der Waals surface area contributed by atoms with E-state index < -0.39 is 13.1 Å². The topological polar surface area (TPSA) is 70.0 Å². The molecule has 3 atom stereocenters. The smallest absolute Gasteiger partial charge is 0.526 e. The maximum absolute atomic E-state index is 11.8. The Morgan fingerprint density at radius 1 is 1.48 bits per heavy atom. The minimum atomic E-state index is -0.978. The largest absolute Gasteiger partial charge is 0.535 e. The molecule has 0 unspecified atom stereocenters. The number of hydrogen-bond donors (Lipinski definition) is 2. The van der Waals surface area contributed by atoms with E-state index in [2.05, 4.69) is 18.9 Å². The lowest BCUT2D eigenvalue weighted by Crippen LogP contribution is -2.47. The molecular formula is C16H20BNO4S. The lowest BCUT2D eigenvalue weighted by atomic mass is 9.77. The summed E-state index contributed by atoms with van der Waals surface area (Å²) in [5.41, 5.74) is 1.16. The van der Waals surface area contributed by atoms with Crippen LogP contribution in [0, 0.1) is 5.92 Å². The summed E-state index contributed by atoms with van der Waals surface area (Å²) in [6.07, 6.45) is 0.879. The number of fused-ring (bicyclic) bond motifs is 3. The molecule has 0 amide bonds. The van der Waals surface area contributed by atoms with Gasteiger partial charge in [0.2, 0.25) is 0 Å². The lowest BCUT2D eigenvalue weighted by molar-refractivity contribution is 0.0690. The Bertz CT molecular complexity index is 664. The highest BCUT2D eigenvalue weighted by Gasteiger charge is 2.54. The van der Waals surface area contributed by atoms with Gasteiger partial charge in [-0.2, -0.15) is 0 Å². The van der Waals surface area contributed by atoms with Gasteiger partial charge in [0, 0.05) is 29.1 Å². The number of benzene rings is 1. The average Bonchev–Trinajstić information content (AvgIpc) is 3.24. The molecule has 0 radical (unpaired) electrons. The average molecular weight is 333 g/mol. The molecule has 0 spiro atoms. The van der Waals surface area contributed by atoms with Crippen molar-refractivity contribution in [1.29, 1.82) is 0 Å². The zero-order valence-corrected chi connectivity index (χ0v) is 14.0. The van der Waals surface area contributed by atoms with Crippen LogP contribution in [0.25, 0.3) is 0 Å². The number of carboxylic acids is 1. The minimum Gasteiger partial charge on any atom is -0.535 e. The molecule has 2 heterocycles. The first-order valence-corrected chi connectivity index (χ1v) is 8.93. The zero-order valence-electron chi connectivity index (χ0n) is 13.2. The van der Waals surface area contributed by atoms with Gasteiger partial charge in [-0.05, 0) is 36.9 Å². The first-order valence-electron chi connectivity index (χ1n) is 8.05. The van der Waals surface area contributed by atoms with Crippen LogP contribution in [0.4, 0.5) is 0 Å². The van der Waals surface area contributed by atoms with Crippen molar-refractivity contribution in [2.24, 2.45) is 5.92 Å².